The van der Waals surface area contributed by atoms with Crippen molar-refractivity contribution in [2.45, 2.75) is 37.8 Å². The topological polar surface area (TPSA) is 106 Å². The van der Waals surface area contributed by atoms with Crippen LogP contribution >= 0.6 is 22.9 Å². The zero-order chi connectivity index (χ0) is 29.1. The maximum atomic E-state index is 13.2. The van der Waals surface area contributed by atoms with E-state index in [4.69, 9.17) is 31.2 Å². The summed E-state index contributed by atoms with van der Waals surface area (Å²) < 4.78 is 66.3. The fourth-order valence-corrected chi connectivity index (χ4v) is 6.26. The number of aliphatic carboxylic acids is 1. The third kappa shape index (κ3) is 7.20. The lowest BCUT2D eigenvalue weighted by atomic mass is 9.97. The molecule has 0 unspecified atom stereocenters. The fraction of sp³-hybridized carbons (Fsp3) is 0.231. The molecule has 0 aliphatic heterocycles. The Balaban J connectivity index is 0.000000532. The minimum Gasteiger partial charge on any atom is -0.497 e. The van der Waals surface area contributed by atoms with Crippen molar-refractivity contribution in [3.05, 3.63) is 70.2 Å². The summed E-state index contributed by atoms with van der Waals surface area (Å²) >= 11 is 7.62. The summed E-state index contributed by atoms with van der Waals surface area (Å²) in [5, 5.41) is 8.27. The number of carboxylic acids is 1. The van der Waals surface area contributed by atoms with E-state index in [1.807, 2.05) is 31.2 Å². The first kappa shape index (κ1) is 30.2. The second-order valence-electron chi connectivity index (χ2n) is 8.59. The van der Waals surface area contributed by atoms with Gasteiger partial charge >= 0.3 is 12.1 Å². The summed E-state index contributed by atoms with van der Waals surface area (Å²) in [6.07, 6.45) is -5.08. The predicted octanol–water partition coefficient (Wildman–Crippen LogP) is 7.49. The van der Waals surface area contributed by atoms with Gasteiger partial charge in [-0.15, -0.1) is 11.3 Å². The summed E-state index contributed by atoms with van der Waals surface area (Å²) in [4.78, 5) is 15.6. The number of ether oxygens (including phenoxy) is 1. The van der Waals surface area contributed by atoms with Crippen LogP contribution in [0, 0.1) is 6.92 Å². The Hall–Kier alpha value is -3.35. The number of rotatable bonds is 6. The molecule has 0 bridgehead atoms. The van der Waals surface area contributed by atoms with Crippen molar-refractivity contribution in [2.24, 2.45) is 0 Å². The highest BCUT2D eigenvalue weighted by atomic mass is 35.5. The van der Waals surface area contributed by atoms with Gasteiger partial charge in [0.1, 0.15) is 10.6 Å². The van der Waals surface area contributed by atoms with Gasteiger partial charge in [-0.2, -0.15) is 13.2 Å². The SMILES string of the molecule is COc1cccc(-c2c(C(C)C)sc3nc(C)cc(NS(=O)(=O)c4cccc(Cl)c4)c23)c1.O=C(O)C(F)(F)F. The molecule has 0 aliphatic carbocycles. The second kappa shape index (κ2) is 11.8. The summed E-state index contributed by atoms with van der Waals surface area (Å²) in [7, 11) is -2.22. The zero-order valence-electron chi connectivity index (χ0n) is 21.1. The van der Waals surface area contributed by atoms with Crippen molar-refractivity contribution in [3.63, 3.8) is 0 Å². The van der Waals surface area contributed by atoms with Crippen LogP contribution in [-0.4, -0.2) is 37.8 Å². The molecular formula is C26H24ClF3N2O5S2. The van der Waals surface area contributed by atoms with Crippen molar-refractivity contribution in [3.8, 4) is 16.9 Å². The second-order valence-corrected chi connectivity index (χ2v) is 11.7. The zero-order valence-corrected chi connectivity index (χ0v) is 23.5. The Morgan fingerprint density at radius 1 is 1.13 bits per heavy atom. The summed E-state index contributed by atoms with van der Waals surface area (Å²) in [5.41, 5.74) is 3.15. The van der Waals surface area contributed by atoms with Crippen LogP contribution in [0.15, 0.2) is 59.5 Å². The molecule has 2 aromatic heterocycles. The molecule has 13 heteroatoms. The van der Waals surface area contributed by atoms with Crippen molar-refractivity contribution in [2.75, 3.05) is 11.8 Å². The number of carboxylic acid groups (broad SMARTS) is 1. The van der Waals surface area contributed by atoms with E-state index in [0.29, 0.717) is 10.7 Å². The average molecular weight is 601 g/mol. The van der Waals surface area contributed by atoms with E-state index in [1.165, 1.54) is 12.1 Å². The van der Waals surface area contributed by atoms with Gasteiger partial charge in [-0.25, -0.2) is 18.2 Å². The lowest BCUT2D eigenvalue weighted by Gasteiger charge is -2.14. The monoisotopic (exact) mass is 600 g/mol. The Bertz CT molecular complexity index is 1620. The van der Waals surface area contributed by atoms with Gasteiger partial charge in [0.25, 0.3) is 10.0 Å². The van der Waals surface area contributed by atoms with Crippen LogP contribution in [0.5, 0.6) is 5.75 Å². The number of aromatic nitrogens is 1. The minimum atomic E-state index is -5.08. The molecule has 208 valence electrons. The number of pyridine rings is 1. The first-order valence-corrected chi connectivity index (χ1v) is 14.0. The molecule has 7 nitrogen and oxygen atoms in total. The van der Waals surface area contributed by atoms with Gasteiger partial charge in [0.2, 0.25) is 0 Å². The third-order valence-corrected chi connectivity index (χ3v) is 8.28. The summed E-state index contributed by atoms with van der Waals surface area (Å²) in [6.45, 7) is 6.10. The molecule has 0 atom stereocenters. The van der Waals surface area contributed by atoms with E-state index < -0.39 is 22.2 Å². The van der Waals surface area contributed by atoms with Crippen LogP contribution in [0.3, 0.4) is 0 Å². The number of hydrogen-bond donors (Lipinski definition) is 2. The van der Waals surface area contributed by atoms with Crippen LogP contribution in [-0.2, 0) is 14.8 Å². The highest BCUT2D eigenvalue weighted by Crippen LogP contribution is 2.46. The van der Waals surface area contributed by atoms with E-state index in [0.717, 1.165) is 37.7 Å². The molecule has 0 spiro atoms. The minimum absolute atomic E-state index is 0.106. The van der Waals surface area contributed by atoms with Gasteiger partial charge in [-0.3, -0.25) is 4.72 Å². The molecule has 2 N–H and O–H groups in total. The lowest BCUT2D eigenvalue weighted by molar-refractivity contribution is -0.192. The molecule has 0 fully saturated rings. The average Bonchev–Trinajstić information content (AvgIpc) is 3.23. The standard InChI is InChI=1S/C24H23ClN2O3S2.C2HF3O2/c1-14(2)23-21(16-7-5-9-18(12-16)30-4)22-20(11-15(3)26-24(22)31-23)27-32(28,29)19-10-6-8-17(25)13-19;3-2(4,5)1(6)7/h5-14H,1-4H3,(H,26,27);(H,6,7). The maximum absolute atomic E-state index is 13.2. The number of sulfonamides is 1. The normalized spacial score (nSPS) is 11.7. The number of nitrogens with zero attached hydrogens (tertiary/aromatic N) is 1. The molecule has 2 aromatic carbocycles. The Morgan fingerprint density at radius 2 is 1.77 bits per heavy atom. The van der Waals surface area contributed by atoms with E-state index >= 15 is 0 Å². The third-order valence-electron chi connectivity index (χ3n) is 5.29. The van der Waals surface area contributed by atoms with E-state index in [-0.39, 0.29) is 10.8 Å². The highest BCUT2D eigenvalue weighted by molar-refractivity contribution is 7.92. The van der Waals surface area contributed by atoms with Gasteiger partial charge in [0, 0.05) is 26.5 Å². The van der Waals surface area contributed by atoms with Crippen LogP contribution in [0.2, 0.25) is 5.02 Å². The Morgan fingerprint density at radius 3 is 2.33 bits per heavy atom. The number of thiophene rings is 1. The van der Waals surface area contributed by atoms with Gasteiger partial charge in [0.15, 0.2) is 0 Å². The van der Waals surface area contributed by atoms with Crippen LogP contribution in [0.4, 0.5) is 18.9 Å². The number of nitrogens with one attached hydrogen (secondary N) is 1. The quantitative estimate of drug-likeness (QED) is 0.237. The number of fused-ring (bicyclic) bond motifs is 1. The maximum Gasteiger partial charge on any atom is 0.490 e. The van der Waals surface area contributed by atoms with Crippen LogP contribution in [0.25, 0.3) is 21.3 Å². The van der Waals surface area contributed by atoms with Crippen molar-refractivity contribution >= 4 is 54.8 Å². The number of hydrogen-bond acceptors (Lipinski definition) is 6. The number of aryl methyl sites for hydroxylation is 1. The largest absolute Gasteiger partial charge is 0.497 e. The molecular weight excluding hydrogens is 577 g/mol. The number of carbonyl (C=O) groups is 1. The number of halogens is 4. The lowest BCUT2D eigenvalue weighted by Crippen LogP contribution is -2.21. The fourth-order valence-electron chi connectivity index (χ4n) is 3.63. The molecule has 0 aliphatic rings. The van der Waals surface area contributed by atoms with Gasteiger partial charge in [-0.1, -0.05) is 43.6 Å². The summed E-state index contributed by atoms with van der Waals surface area (Å²) in [5.74, 6) is -1.79. The van der Waals surface area contributed by atoms with E-state index in [1.54, 1.807) is 36.6 Å². The van der Waals surface area contributed by atoms with Crippen LogP contribution < -0.4 is 9.46 Å². The molecule has 39 heavy (non-hydrogen) atoms. The predicted molar refractivity (Wildman–Crippen MR) is 146 cm³/mol. The molecule has 0 amide bonds. The molecule has 0 saturated carbocycles. The molecule has 0 radical (unpaired) electrons. The number of alkyl halides is 3. The number of methoxy groups -OCH3 is 1. The molecule has 0 saturated heterocycles. The first-order valence-electron chi connectivity index (χ1n) is 11.3. The van der Waals surface area contributed by atoms with E-state index in [2.05, 4.69) is 18.6 Å². The molecule has 4 rings (SSSR count). The van der Waals surface area contributed by atoms with Crippen molar-refractivity contribution in [1.29, 1.82) is 0 Å². The molecule has 2 heterocycles. The smallest absolute Gasteiger partial charge is 0.490 e. The van der Waals surface area contributed by atoms with Gasteiger partial charge in [0.05, 0.1) is 17.7 Å². The van der Waals surface area contributed by atoms with Crippen molar-refractivity contribution < 1.29 is 36.2 Å². The van der Waals surface area contributed by atoms with Gasteiger partial charge < -0.3 is 9.84 Å². The van der Waals surface area contributed by atoms with Crippen molar-refractivity contribution in [1.82, 2.24) is 4.98 Å². The highest BCUT2D eigenvalue weighted by Gasteiger charge is 2.38. The Labute approximate surface area is 232 Å². The summed E-state index contributed by atoms with van der Waals surface area (Å²) in [6, 6.07) is 15.8. The van der Waals surface area contributed by atoms with Gasteiger partial charge in [-0.05, 0) is 54.8 Å². The first-order chi connectivity index (χ1) is 18.1. The molecule has 4 aromatic rings. The van der Waals surface area contributed by atoms with E-state index in [9.17, 15) is 21.6 Å². The number of anilines is 1. The Kier molecular flexibility index (Phi) is 9.14. The number of benzene rings is 2. The van der Waals surface area contributed by atoms with Crippen LogP contribution in [0.1, 0.15) is 30.3 Å².